The summed E-state index contributed by atoms with van der Waals surface area (Å²) in [5.41, 5.74) is 0.944. The number of anilines is 2. The molecule has 1 fully saturated rings. The van der Waals surface area contributed by atoms with Crippen LogP contribution in [0.3, 0.4) is 0 Å². The Morgan fingerprint density at radius 1 is 1.16 bits per heavy atom. The van der Waals surface area contributed by atoms with Gasteiger partial charge in [0.25, 0.3) is 0 Å². The van der Waals surface area contributed by atoms with Gasteiger partial charge in [-0.15, -0.1) is 0 Å². The van der Waals surface area contributed by atoms with E-state index in [0.717, 1.165) is 38.3 Å². The van der Waals surface area contributed by atoms with E-state index < -0.39 is 17.6 Å². The number of nitrogens with zero attached hydrogens (tertiary/aromatic N) is 2. The Labute approximate surface area is 144 Å². The number of benzene rings is 1. The second kappa shape index (κ2) is 7.29. The lowest BCUT2D eigenvalue weighted by molar-refractivity contribution is -0.139. The lowest BCUT2D eigenvalue weighted by atomic mass is 10.1. The summed E-state index contributed by atoms with van der Waals surface area (Å²) in [5, 5.41) is 2.93. The molecule has 1 aromatic heterocycles. The molecule has 7 heteroatoms. The van der Waals surface area contributed by atoms with Crippen LogP contribution in [0.15, 0.2) is 30.5 Å². The smallest absolute Gasteiger partial charge is 0.423 e. The number of halogens is 3. The zero-order chi connectivity index (χ0) is 17.9. The molecule has 0 saturated heterocycles. The van der Waals surface area contributed by atoms with Gasteiger partial charge in [0, 0.05) is 11.9 Å². The minimum atomic E-state index is -4.55. The standard InChI is InChI=1S/C18H20F3N3O/c1-2-12-7-9-13(10-8-12)23-17-22-11-15(18(19,20)21)16(24-17)25-14-5-3-4-6-14/h7-11,14H,2-6H2,1H3,(H,22,23,24). The molecule has 0 aliphatic heterocycles. The van der Waals surface area contributed by atoms with Crippen molar-refractivity contribution in [2.75, 3.05) is 5.32 Å². The summed E-state index contributed by atoms with van der Waals surface area (Å²) >= 11 is 0. The highest BCUT2D eigenvalue weighted by molar-refractivity contribution is 5.54. The second-order valence-corrected chi connectivity index (χ2v) is 6.11. The van der Waals surface area contributed by atoms with E-state index in [1.807, 2.05) is 31.2 Å². The van der Waals surface area contributed by atoms with E-state index in [1.54, 1.807) is 0 Å². The predicted octanol–water partition coefficient (Wildman–Crippen LogP) is 5.12. The van der Waals surface area contributed by atoms with Crippen LogP contribution in [0.25, 0.3) is 0 Å². The first-order valence-corrected chi connectivity index (χ1v) is 8.42. The van der Waals surface area contributed by atoms with Crippen molar-refractivity contribution >= 4 is 11.6 Å². The van der Waals surface area contributed by atoms with Crippen molar-refractivity contribution in [1.29, 1.82) is 0 Å². The van der Waals surface area contributed by atoms with Crippen LogP contribution in [0, 0.1) is 0 Å². The Kier molecular flexibility index (Phi) is 5.11. The average molecular weight is 351 g/mol. The van der Waals surface area contributed by atoms with Gasteiger partial charge in [-0.2, -0.15) is 18.2 Å². The zero-order valence-electron chi connectivity index (χ0n) is 13.9. The van der Waals surface area contributed by atoms with Crippen molar-refractivity contribution in [2.24, 2.45) is 0 Å². The summed E-state index contributed by atoms with van der Waals surface area (Å²) in [7, 11) is 0. The van der Waals surface area contributed by atoms with Gasteiger partial charge in [0.15, 0.2) is 0 Å². The molecule has 1 aliphatic carbocycles. The van der Waals surface area contributed by atoms with Crippen molar-refractivity contribution in [3.05, 3.63) is 41.6 Å². The van der Waals surface area contributed by atoms with Crippen molar-refractivity contribution in [2.45, 2.75) is 51.3 Å². The molecule has 0 unspecified atom stereocenters. The van der Waals surface area contributed by atoms with Crippen LogP contribution in [0.1, 0.15) is 43.7 Å². The quantitative estimate of drug-likeness (QED) is 0.812. The molecule has 1 N–H and O–H groups in total. The van der Waals surface area contributed by atoms with Crippen LogP contribution in [0.2, 0.25) is 0 Å². The summed E-state index contributed by atoms with van der Waals surface area (Å²) in [6.45, 7) is 2.05. The second-order valence-electron chi connectivity index (χ2n) is 6.11. The number of hydrogen-bond donors (Lipinski definition) is 1. The summed E-state index contributed by atoms with van der Waals surface area (Å²) < 4.78 is 45.1. The van der Waals surface area contributed by atoms with Crippen LogP contribution >= 0.6 is 0 Å². The number of rotatable bonds is 5. The maximum Gasteiger partial charge on any atom is 0.423 e. The Hall–Kier alpha value is -2.31. The van der Waals surface area contributed by atoms with Gasteiger partial charge < -0.3 is 10.1 Å². The predicted molar refractivity (Wildman–Crippen MR) is 89.0 cm³/mol. The minimum absolute atomic E-state index is 0.0882. The molecule has 0 bridgehead atoms. The van der Waals surface area contributed by atoms with Crippen LogP contribution < -0.4 is 10.1 Å². The first kappa shape index (κ1) is 17.5. The third-order valence-corrected chi connectivity index (χ3v) is 4.26. The van der Waals surface area contributed by atoms with Gasteiger partial charge in [0.2, 0.25) is 11.8 Å². The maximum atomic E-state index is 13.2. The third-order valence-electron chi connectivity index (χ3n) is 4.26. The topological polar surface area (TPSA) is 47.0 Å². The monoisotopic (exact) mass is 351 g/mol. The van der Waals surface area contributed by atoms with E-state index in [9.17, 15) is 13.2 Å². The van der Waals surface area contributed by atoms with Gasteiger partial charge >= 0.3 is 6.18 Å². The number of aromatic nitrogens is 2. The highest BCUT2D eigenvalue weighted by Crippen LogP contribution is 2.37. The molecule has 3 rings (SSSR count). The van der Waals surface area contributed by atoms with Gasteiger partial charge in [-0.05, 0) is 49.8 Å². The molecular formula is C18H20F3N3O. The minimum Gasteiger partial charge on any atom is -0.474 e. The molecular weight excluding hydrogens is 331 g/mol. The largest absolute Gasteiger partial charge is 0.474 e. The van der Waals surface area contributed by atoms with Crippen LogP contribution in [0.4, 0.5) is 24.8 Å². The number of hydrogen-bond acceptors (Lipinski definition) is 4. The van der Waals surface area contributed by atoms with Crippen molar-refractivity contribution < 1.29 is 17.9 Å². The lowest BCUT2D eigenvalue weighted by Crippen LogP contribution is -2.17. The number of ether oxygens (including phenoxy) is 1. The van der Waals surface area contributed by atoms with Crippen molar-refractivity contribution in [3.63, 3.8) is 0 Å². The first-order chi connectivity index (χ1) is 12.0. The first-order valence-electron chi connectivity index (χ1n) is 8.42. The van der Waals surface area contributed by atoms with E-state index in [2.05, 4.69) is 15.3 Å². The van der Waals surface area contributed by atoms with Gasteiger partial charge in [0.05, 0.1) is 0 Å². The lowest BCUT2D eigenvalue weighted by Gasteiger charge is -2.17. The molecule has 1 saturated carbocycles. The summed E-state index contributed by atoms with van der Waals surface area (Å²) in [6.07, 6.45) is 0.363. The number of alkyl halides is 3. The van der Waals surface area contributed by atoms with E-state index in [4.69, 9.17) is 4.74 Å². The molecule has 25 heavy (non-hydrogen) atoms. The van der Waals surface area contributed by atoms with Gasteiger partial charge in [-0.1, -0.05) is 19.1 Å². The zero-order valence-corrected chi connectivity index (χ0v) is 13.9. The number of nitrogens with one attached hydrogen (secondary N) is 1. The number of aryl methyl sites for hydroxylation is 1. The van der Waals surface area contributed by atoms with E-state index in [0.29, 0.717) is 5.69 Å². The summed E-state index contributed by atoms with van der Waals surface area (Å²) in [4.78, 5) is 7.77. The Balaban J connectivity index is 1.84. The molecule has 0 amide bonds. The van der Waals surface area contributed by atoms with Crippen molar-refractivity contribution in [1.82, 2.24) is 9.97 Å². The fourth-order valence-corrected chi connectivity index (χ4v) is 2.83. The van der Waals surface area contributed by atoms with E-state index in [-0.39, 0.29) is 12.1 Å². The van der Waals surface area contributed by atoms with Crippen LogP contribution in [-0.2, 0) is 12.6 Å². The average Bonchev–Trinajstić information content (AvgIpc) is 3.08. The molecule has 1 aromatic carbocycles. The Bertz CT molecular complexity index is 710. The molecule has 0 radical (unpaired) electrons. The highest BCUT2D eigenvalue weighted by atomic mass is 19.4. The SMILES string of the molecule is CCc1ccc(Nc2ncc(C(F)(F)F)c(OC3CCCC3)n2)cc1. The molecule has 2 aromatic rings. The van der Waals surface area contributed by atoms with Crippen LogP contribution in [-0.4, -0.2) is 16.1 Å². The fraction of sp³-hybridized carbons (Fsp3) is 0.444. The highest BCUT2D eigenvalue weighted by Gasteiger charge is 2.37. The molecule has 1 heterocycles. The normalized spacial score (nSPS) is 15.4. The molecule has 0 spiro atoms. The summed E-state index contributed by atoms with van der Waals surface area (Å²) in [6, 6.07) is 7.58. The molecule has 1 aliphatic rings. The molecule has 0 atom stereocenters. The van der Waals surface area contributed by atoms with Gasteiger partial charge in [-0.25, -0.2) is 4.98 Å². The summed E-state index contributed by atoms with van der Waals surface area (Å²) in [5.74, 6) is -0.313. The molecule has 134 valence electrons. The van der Waals surface area contributed by atoms with Gasteiger partial charge in [0.1, 0.15) is 11.7 Å². The third kappa shape index (κ3) is 4.41. The molecule has 4 nitrogen and oxygen atoms in total. The maximum absolute atomic E-state index is 13.2. The van der Waals surface area contributed by atoms with Crippen LogP contribution in [0.5, 0.6) is 5.88 Å². The van der Waals surface area contributed by atoms with Gasteiger partial charge in [-0.3, -0.25) is 0 Å². The van der Waals surface area contributed by atoms with E-state index >= 15 is 0 Å². The van der Waals surface area contributed by atoms with E-state index in [1.165, 1.54) is 5.56 Å². The fourth-order valence-electron chi connectivity index (χ4n) is 2.83. The Morgan fingerprint density at radius 2 is 1.84 bits per heavy atom. The Morgan fingerprint density at radius 3 is 2.44 bits per heavy atom. The van der Waals surface area contributed by atoms with Crippen molar-refractivity contribution in [3.8, 4) is 5.88 Å².